The van der Waals surface area contributed by atoms with E-state index in [1.54, 1.807) is 0 Å². The normalized spacial score (nSPS) is 13.7. The minimum atomic E-state index is -3.85. The minimum absolute atomic E-state index is 0.00974. The molecule has 3 rings (SSSR count). The predicted molar refractivity (Wildman–Crippen MR) is 177 cm³/mol. The average molecular weight is 676 g/mol. The molecular formula is C34H47F2N5O5S. The fraction of sp³-hybridized carbons (Fsp3) is 0.500. The molecule has 3 aromatic rings. The summed E-state index contributed by atoms with van der Waals surface area (Å²) in [6, 6.07) is 7.97. The summed E-state index contributed by atoms with van der Waals surface area (Å²) in [4.78, 5) is 35.6. The number of nitrogens with zero attached hydrogens (tertiary/aromatic N) is 2. The van der Waals surface area contributed by atoms with Gasteiger partial charge < -0.3 is 26.0 Å². The van der Waals surface area contributed by atoms with Gasteiger partial charge in [-0.15, -0.1) is 0 Å². The molecule has 0 aliphatic heterocycles. The zero-order chi connectivity index (χ0) is 34.6. The number of halogens is 2. The lowest BCUT2D eigenvalue weighted by molar-refractivity contribution is -0.137. The molecule has 0 aliphatic carbocycles. The van der Waals surface area contributed by atoms with E-state index in [-0.39, 0.29) is 31.5 Å². The van der Waals surface area contributed by atoms with Gasteiger partial charge in [-0.3, -0.25) is 9.59 Å². The molecular weight excluding hydrogens is 628 g/mol. The van der Waals surface area contributed by atoms with Crippen LogP contribution in [0.15, 0.2) is 55.0 Å². The molecule has 0 fully saturated rings. The number of hydrogen-bond donors (Lipinski definition) is 4. The molecule has 10 nitrogen and oxygen atoms in total. The molecule has 47 heavy (non-hydrogen) atoms. The molecule has 2 amide bonds. The summed E-state index contributed by atoms with van der Waals surface area (Å²) >= 11 is 0. The Hall–Kier alpha value is -3.68. The standard InChI is InChI=1S/C34H47F2N5O5S/c1-4-8-29(9-5-2)47(45,46)21-31(40-33(43)17-28-18-38-22-39-28)34(44)41(19-24-11-7-10-23(6-3)12-24)20-32(42)30(37)15-25-13-26(35)16-27(36)14-25/h7,10-14,16,18,22,29-32,42H,4-6,8-9,15,17,19-21,37H2,1-3H3,(H,38,39)(H,40,43)/t30-,31-,32+/m0/s1. The second-order valence-electron chi connectivity index (χ2n) is 12.0. The molecule has 0 unspecified atom stereocenters. The van der Waals surface area contributed by atoms with Crippen molar-refractivity contribution in [3.05, 3.63) is 89.0 Å². The number of aryl methyl sites for hydroxylation is 1. The van der Waals surface area contributed by atoms with Gasteiger partial charge in [-0.1, -0.05) is 57.9 Å². The van der Waals surface area contributed by atoms with Crippen LogP contribution in [0.5, 0.6) is 0 Å². The second kappa shape index (κ2) is 18.0. The lowest BCUT2D eigenvalue weighted by Crippen LogP contribution is -2.55. The number of rotatable bonds is 19. The summed E-state index contributed by atoms with van der Waals surface area (Å²) in [5.41, 5.74) is 8.65. The van der Waals surface area contributed by atoms with Crippen LogP contribution in [0.4, 0.5) is 8.78 Å². The number of benzene rings is 2. The Kier molecular flexibility index (Phi) is 14.5. The van der Waals surface area contributed by atoms with E-state index in [1.807, 2.05) is 45.0 Å². The van der Waals surface area contributed by atoms with Gasteiger partial charge in [0.25, 0.3) is 0 Å². The topological polar surface area (TPSA) is 158 Å². The van der Waals surface area contributed by atoms with Crippen molar-refractivity contribution in [2.45, 2.75) is 95.7 Å². The number of aliphatic hydroxyl groups is 1. The number of nitrogens with one attached hydrogen (secondary N) is 2. The van der Waals surface area contributed by atoms with Crippen molar-refractivity contribution < 1.29 is 31.9 Å². The number of hydrogen-bond acceptors (Lipinski definition) is 7. The highest BCUT2D eigenvalue weighted by Crippen LogP contribution is 2.19. The Bertz CT molecular complexity index is 1530. The number of carbonyl (C=O) groups is 2. The van der Waals surface area contributed by atoms with E-state index < -0.39 is 62.5 Å². The highest BCUT2D eigenvalue weighted by molar-refractivity contribution is 7.92. The van der Waals surface area contributed by atoms with Gasteiger partial charge in [0.1, 0.15) is 17.7 Å². The monoisotopic (exact) mass is 675 g/mol. The molecule has 0 aliphatic rings. The molecule has 1 heterocycles. The van der Waals surface area contributed by atoms with Gasteiger partial charge >= 0.3 is 0 Å². The average Bonchev–Trinajstić information content (AvgIpc) is 3.52. The molecule has 0 saturated heterocycles. The minimum Gasteiger partial charge on any atom is -0.390 e. The first-order valence-electron chi connectivity index (χ1n) is 16.1. The van der Waals surface area contributed by atoms with Crippen LogP contribution in [0.1, 0.15) is 68.8 Å². The SMILES string of the molecule is CCCC(CCC)S(=O)(=O)C[C@H](NC(=O)Cc1c[nH]cn1)C(=O)N(Cc1cccc(CC)c1)C[C@@H](O)[C@@H](N)Cc1cc(F)cc(F)c1. The summed E-state index contributed by atoms with van der Waals surface area (Å²) in [6.45, 7) is 5.43. The van der Waals surface area contributed by atoms with Crippen LogP contribution in [-0.4, -0.2) is 75.9 Å². The first-order chi connectivity index (χ1) is 22.3. The molecule has 0 bridgehead atoms. The number of amides is 2. The van der Waals surface area contributed by atoms with Crippen LogP contribution >= 0.6 is 0 Å². The van der Waals surface area contributed by atoms with E-state index in [0.717, 1.165) is 35.7 Å². The van der Waals surface area contributed by atoms with Crippen molar-refractivity contribution in [2.75, 3.05) is 12.3 Å². The number of imidazole rings is 1. The van der Waals surface area contributed by atoms with Crippen molar-refractivity contribution >= 4 is 21.7 Å². The van der Waals surface area contributed by atoms with Gasteiger partial charge in [0.15, 0.2) is 9.84 Å². The number of aromatic nitrogens is 2. The molecule has 3 atom stereocenters. The summed E-state index contributed by atoms with van der Waals surface area (Å²) in [7, 11) is -3.85. The number of H-pyrrole nitrogens is 1. The molecule has 2 aromatic carbocycles. The van der Waals surface area contributed by atoms with Crippen LogP contribution in [0.3, 0.4) is 0 Å². The Morgan fingerprint density at radius 1 is 1.02 bits per heavy atom. The number of aromatic amines is 1. The van der Waals surface area contributed by atoms with E-state index in [1.165, 1.54) is 17.4 Å². The lowest BCUT2D eigenvalue weighted by Gasteiger charge is -2.32. The third-order valence-corrected chi connectivity index (χ3v) is 10.3. The van der Waals surface area contributed by atoms with Crippen LogP contribution in [0.2, 0.25) is 0 Å². The lowest BCUT2D eigenvalue weighted by atomic mass is 10.0. The Labute approximate surface area is 276 Å². The van der Waals surface area contributed by atoms with Gasteiger partial charge in [0.2, 0.25) is 11.8 Å². The van der Waals surface area contributed by atoms with Gasteiger partial charge in [-0.2, -0.15) is 0 Å². The fourth-order valence-electron chi connectivity index (χ4n) is 5.61. The van der Waals surface area contributed by atoms with Crippen molar-refractivity contribution in [2.24, 2.45) is 5.73 Å². The summed E-state index contributed by atoms with van der Waals surface area (Å²) in [5, 5.41) is 13.1. The highest BCUT2D eigenvalue weighted by atomic mass is 32.2. The molecule has 1 aromatic heterocycles. The van der Waals surface area contributed by atoms with Gasteiger partial charge in [0, 0.05) is 31.4 Å². The number of sulfone groups is 1. The van der Waals surface area contributed by atoms with Crippen LogP contribution < -0.4 is 11.1 Å². The molecule has 0 saturated carbocycles. The first-order valence-corrected chi connectivity index (χ1v) is 17.8. The highest BCUT2D eigenvalue weighted by Gasteiger charge is 2.35. The molecule has 0 spiro atoms. The number of carbonyl (C=O) groups excluding carboxylic acids is 2. The van der Waals surface area contributed by atoms with Crippen LogP contribution in [-0.2, 0) is 45.2 Å². The zero-order valence-corrected chi connectivity index (χ0v) is 28.1. The molecule has 13 heteroatoms. The van der Waals surface area contributed by atoms with Crippen LogP contribution in [0, 0.1) is 11.6 Å². The van der Waals surface area contributed by atoms with E-state index in [0.29, 0.717) is 31.4 Å². The second-order valence-corrected chi connectivity index (χ2v) is 14.3. The maximum atomic E-state index is 14.3. The number of aliphatic hydroxyl groups excluding tert-OH is 1. The summed E-state index contributed by atoms with van der Waals surface area (Å²) < 4.78 is 55.0. The summed E-state index contributed by atoms with van der Waals surface area (Å²) in [6.07, 6.45) is 4.14. The zero-order valence-electron chi connectivity index (χ0n) is 27.3. The maximum absolute atomic E-state index is 14.3. The predicted octanol–water partition coefficient (Wildman–Crippen LogP) is 3.62. The van der Waals surface area contributed by atoms with Crippen molar-refractivity contribution in [1.29, 1.82) is 0 Å². The van der Waals surface area contributed by atoms with Crippen LogP contribution in [0.25, 0.3) is 0 Å². The third kappa shape index (κ3) is 11.8. The molecule has 258 valence electrons. The third-order valence-electron chi connectivity index (χ3n) is 8.04. The van der Waals surface area contributed by atoms with Gasteiger partial charge in [-0.25, -0.2) is 22.2 Å². The molecule has 0 radical (unpaired) electrons. The van der Waals surface area contributed by atoms with Crippen molar-refractivity contribution in [3.63, 3.8) is 0 Å². The first kappa shape index (κ1) is 37.8. The largest absolute Gasteiger partial charge is 0.390 e. The van der Waals surface area contributed by atoms with Crippen molar-refractivity contribution in [1.82, 2.24) is 20.2 Å². The Balaban J connectivity index is 1.95. The van der Waals surface area contributed by atoms with Gasteiger partial charge in [0.05, 0.1) is 35.5 Å². The Morgan fingerprint density at radius 3 is 2.28 bits per heavy atom. The molecule has 5 N–H and O–H groups in total. The van der Waals surface area contributed by atoms with E-state index in [4.69, 9.17) is 5.73 Å². The number of nitrogens with two attached hydrogens (primary N) is 1. The van der Waals surface area contributed by atoms with Gasteiger partial charge in [-0.05, 0) is 54.5 Å². The van der Waals surface area contributed by atoms with E-state index in [9.17, 15) is 31.9 Å². The maximum Gasteiger partial charge on any atom is 0.246 e. The van der Waals surface area contributed by atoms with Crippen molar-refractivity contribution in [3.8, 4) is 0 Å². The Morgan fingerprint density at radius 2 is 1.68 bits per heavy atom. The van der Waals surface area contributed by atoms with E-state index in [2.05, 4.69) is 15.3 Å². The smallest absolute Gasteiger partial charge is 0.246 e. The summed E-state index contributed by atoms with van der Waals surface area (Å²) in [5.74, 6) is -3.49. The quantitative estimate of drug-likeness (QED) is 0.151. The van der Waals surface area contributed by atoms with E-state index >= 15 is 0 Å². The fourth-order valence-corrected chi connectivity index (χ4v) is 7.76.